The number of hydrogen-bond donors (Lipinski definition) is 2. The summed E-state index contributed by atoms with van der Waals surface area (Å²) in [4.78, 5) is 12.0. The molecule has 0 saturated carbocycles. The molecule has 2 rings (SSSR count). The molecule has 0 aliphatic rings. The van der Waals surface area contributed by atoms with Gasteiger partial charge in [-0.1, -0.05) is 42.5 Å². The SMILES string of the molecule is Cc1ccc(CO)cc1NC(=O)/C=C(/c1ccccc1)C(F)(F)F. The van der Waals surface area contributed by atoms with Crippen LogP contribution in [0.3, 0.4) is 0 Å². The van der Waals surface area contributed by atoms with Crippen LogP contribution in [0.2, 0.25) is 0 Å². The predicted molar refractivity (Wildman–Crippen MR) is 86.2 cm³/mol. The van der Waals surface area contributed by atoms with E-state index < -0.39 is 17.7 Å². The maximum atomic E-state index is 13.2. The van der Waals surface area contributed by atoms with Crippen LogP contribution in [-0.4, -0.2) is 17.2 Å². The first-order valence-electron chi connectivity index (χ1n) is 7.17. The van der Waals surface area contributed by atoms with Crippen molar-refractivity contribution < 1.29 is 23.1 Å². The van der Waals surface area contributed by atoms with Gasteiger partial charge in [0.1, 0.15) is 0 Å². The van der Waals surface area contributed by atoms with Gasteiger partial charge < -0.3 is 10.4 Å². The van der Waals surface area contributed by atoms with Gasteiger partial charge in [0.15, 0.2) is 0 Å². The van der Waals surface area contributed by atoms with E-state index in [1.54, 1.807) is 25.1 Å². The molecule has 0 aromatic heterocycles. The van der Waals surface area contributed by atoms with Crippen LogP contribution < -0.4 is 5.32 Å². The zero-order chi connectivity index (χ0) is 17.7. The van der Waals surface area contributed by atoms with E-state index in [1.807, 2.05) is 0 Å². The molecule has 2 aromatic carbocycles. The summed E-state index contributed by atoms with van der Waals surface area (Å²) in [6, 6.07) is 12.0. The molecule has 0 aliphatic carbocycles. The number of aliphatic hydroxyl groups excluding tert-OH is 1. The number of halogens is 3. The molecule has 0 aliphatic heterocycles. The molecule has 24 heavy (non-hydrogen) atoms. The summed E-state index contributed by atoms with van der Waals surface area (Å²) in [5.41, 5.74) is 0.496. The first kappa shape index (κ1) is 17.7. The summed E-state index contributed by atoms with van der Waals surface area (Å²) in [5.74, 6) is -0.885. The largest absolute Gasteiger partial charge is 0.417 e. The third kappa shape index (κ3) is 4.45. The Kier molecular flexibility index (Phi) is 5.41. The van der Waals surface area contributed by atoms with Crippen LogP contribution in [0.1, 0.15) is 16.7 Å². The monoisotopic (exact) mass is 335 g/mol. The molecule has 1 amide bonds. The molecule has 0 radical (unpaired) electrons. The molecule has 0 spiro atoms. The number of nitrogens with one attached hydrogen (secondary N) is 1. The van der Waals surface area contributed by atoms with Crippen molar-refractivity contribution in [3.8, 4) is 0 Å². The van der Waals surface area contributed by atoms with Crippen molar-refractivity contribution in [3.63, 3.8) is 0 Å². The van der Waals surface area contributed by atoms with Crippen LogP contribution in [0.4, 0.5) is 18.9 Å². The van der Waals surface area contributed by atoms with Crippen molar-refractivity contribution in [2.24, 2.45) is 0 Å². The van der Waals surface area contributed by atoms with E-state index in [9.17, 15) is 18.0 Å². The highest BCUT2D eigenvalue weighted by atomic mass is 19.4. The summed E-state index contributed by atoms with van der Waals surface area (Å²) in [5, 5.41) is 11.5. The van der Waals surface area contributed by atoms with Crippen LogP contribution in [0, 0.1) is 6.92 Å². The summed E-state index contributed by atoms with van der Waals surface area (Å²) in [7, 11) is 0. The molecule has 0 heterocycles. The number of anilines is 1. The highest BCUT2D eigenvalue weighted by Gasteiger charge is 2.35. The summed E-state index contributed by atoms with van der Waals surface area (Å²) < 4.78 is 39.7. The fraction of sp³-hybridized carbons (Fsp3) is 0.167. The van der Waals surface area contributed by atoms with Crippen molar-refractivity contribution >= 4 is 17.2 Å². The molecular weight excluding hydrogens is 319 g/mol. The maximum Gasteiger partial charge on any atom is 0.417 e. The lowest BCUT2D eigenvalue weighted by Crippen LogP contribution is -2.16. The fourth-order valence-corrected chi connectivity index (χ4v) is 2.15. The topological polar surface area (TPSA) is 49.3 Å². The van der Waals surface area contributed by atoms with E-state index in [0.717, 1.165) is 0 Å². The number of carbonyl (C=O) groups is 1. The molecular formula is C18H16F3NO2. The van der Waals surface area contributed by atoms with E-state index in [1.165, 1.54) is 30.3 Å². The highest BCUT2D eigenvalue weighted by Crippen LogP contribution is 2.33. The first-order valence-corrected chi connectivity index (χ1v) is 7.17. The van der Waals surface area contributed by atoms with Gasteiger partial charge in [-0.3, -0.25) is 4.79 Å². The van der Waals surface area contributed by atoms with Gasteiger partial charge in [-0.15, -0.1) is 0 Å². The van der Waals surface area contributed by atoms with Gasteiger partial charge in [-0.2, -0.15) is 13.2 Å². The van der Waals surface area contributed by atoms with Gasteiger partial charge in [0, 0.05) is 11.8 Å². The number of allylic oxidation sites excluding steroid dienone is 1. The van der Waals surface area contributed by atoms with Gasteiger partial charge in [0.05, 0.1) is 12.2 Å². The zero-order valence-corrected chi connectivity index (χ0v) is 12.9. The number of benzene rings is 2. The van der Waals surface area contributed by atoms with Crippen molar-refractivity contribution in [1.82, 2.24) is 0 Å². The molecule has 6 heteroatoms. The molecule has 0 fully saturated rings. The van der Waals surface area contributed by atoms with Gasteiger partial charge >= 0.3 is 6.18 Å². The Hall–Kier alpha value is -2.60. The standard InChI is InChI=1S/C18H16F3NO2/c1-12-7-8-13(11-23)9-16(12)22-17(24)10-15(18(19,20)21)14-5-3-2-4-6-14/h2-10,23H,11H2,1H3,(H,22,24)/b15-10-. The third-order valence-corrected chi connectivity index (χ3v) is 3.41. The molecule has 2 aromatic rings. The van der Waals surface area contributed by atoms with Crippen LogP contribution >= 0.6 is 0 Å². The van der Waals surface area contributed by atoms with Gasteiger partial charge in [-0.05, 0) is 29.7 Å². The van der Waals surface area contributed by atoms with Crippen molar-refractivity contribution in [2.75, 3.05) is 5.32 Å². The van der Waals surface area contributed by atoms with Gasteiger partial charge in [0.2, 0.25) is 5.91 Å². The smallest absolute Gasteiger partial charge is 0.392 e. The van der Waals surface area contributed by atoms with E-state index in [2.05, 4.69) is 5.32 Å². The quantitative estimate of drug-likeness (QED) is 0.828. The number of amides is 1. The molecule has 0 bridgehead atoms. The number of aliphatic hydroxyl groups is 1. The molecule has 126 valence electrons. The van der Waals surface area contributed by atoms with Gasteiger partial charge in [-0.25, -0.2) is 0 Å². The second kappa shape index (κ2) is 7.31. The number of alkyl halides is 3. The molecule has 2 N–H and O–H groups in total. The average Bonchev–Trinajstić information content (AvgIpc) is 2.54. The Labute approximate surface area is 137 Å². The molecule has 0 saturated heterocycles. The van der Waals surface area contributed by atoms with Crippen molar-refractivity contribution in [2.45, 2.75) is 19.7 Å². The normalized spacial score (nSPS) is 12.1. The van der Waals surface area contributed by atoms with Crippen molar-refractivity contribution in [3.05, 3.63) is 71.3 Å². The van der Waals surface area contributed by atoms with Gasteiger partial charge in [0.25, 0.3) is 0 Å². The number of rotatable bonds is 4. The Bertz CT molecular complexity index is 753. The number of carbonyl (C=O) groups excluding carboxylic acids is 1. The lowest BCUT2D eigenvalue weighted by atomic mass is 10.0. The average molecular weight is 335 g/mol. The van der Waals surface area contributed by atoms with E-state index >= 15 is 0 Å². The Morgan fingerprint density at radius 2 is 1.83 bits per heavy atom. The molecule has 3 nitrogen and oxygen atoms in total. The second-order valence-corrected chi connectivity index (χ2v) is 5.22. The summed E-state index contributed by atoms with van der Waals surface area (Å²) >= 11 is 0. The number of hydrogen-bond acceptors (Lipinski definition) is 2. The minimum absolute atomic E-state index is 0.0824. The first-order chi connectivity index (χ1) is 11.3. The van der Waals surface area contributed by atoms with Crippen LogP contribution in [0.25, 0.3) is 5.57 Å². The minimum Gasteiger partial charge on any atom is -0.392 e. The fourth-order valence-electron chi connectivity index (χ4n) is 2.15. The third-order valence-electron chi connectivity index (χ3n) is 3.41. The zero-order valence-electron chi connectivity index (χ0n) is 12.9. The maximum absolute atomic E-state index is 13.2. The minimum atomic E-state index is -4.65. The Morgan fingerprint density at radius 1 is 1.17 bits per heavy atom. The van der Waals surface area contributed by atoms with E-state index in [4.69, 9.17) is 5.11 Å². The summed E-state index contributed by atoms with van der Waals surface area (Å²) in [6.45, 7) is 1.49. The van der Waals surface area contributed by atoms with Crippen LogP contribution in [0.5, 0.6) is 0 Å². The Morgan fingerprint density at radius 3 is 2.42 bits per heavy atom. The highest BCUT2D eigenvalue weighted by molar-refractivity contribution is 6.05. The Balaban J connectivity index is 2.32. The molecule has 0 atom stereocenters. The summed E-state index contributed by atoms with van der Waals surface area (Å²) in [6.07, 6.45) is -4.11. The van der Waals surface area contributed by atoms with E-state index in [0.29, 0.717) is 22.9 Å². The van der Waals surface area contributed by atoms with Crippen LogP contribution in [0.15, 0.2) is 54.6 Å². The molecule has 0 unspecified atom stereocenters. The van der Waals surface area contributed by atoms with Crippen LogP contribution in [-0.2, 0) is 11.4 Å². The second-order valence-electron chi connectivity index (χ2n) is 5.22. The lowest BCUT2D eigenvalue weighted by Gasteiger charge is -2.13. The predicted octanol–water partition coefficient (Wildman–Crippen LogP) is 4.07. The lowest BCUT2D eigenvalue weighted by molar-refractivity contribution is -0.112. The number of aryl methyl sites for hydroxylation is 1. The van der Waals surface area contributed by atoms with E-state index in [-0.39, 0.29) is 12.2 Å². The van der Waals surface area contributed by atoms with Crippen molar-refractivity contribution in [1.29, 1.82) is 0 Å².